The molecule has 1 rings (SSSR count). The summed E-state index contributed by atoms with van der Waals surface area (Å²) in [6.07, 6.45) is 0.235. The summed E-state index contributed by atoms with van der Waals surface area (Å²) in [5.74, 6) is -0.193. The largest absolute Gasteiger partial charge is 0.377 e. The van der Waals surface area contributed by atoms with E-state index in [4.69, 9.17) is 4.74 Å². The van der Waals surface area contributed by atoms with Crippen LogP contribution in [0, 0.1) is 5.82 Å². The highest BCUT2D eigenvalue weighted by atomic mass is 19.1. The second kappa shape index (κ2) is 8.22. The number of rotatable bonds is 8. The first-order chi connectivity index (χ1) is 9.40. The van der Waals surface area contributed by atoms with E-state index in [0.717, 1.165) is 17.8 Å². The summed E-state index contributed by atoms with van der Waals surface area (Å²) >= 11 is 0. The average molecular weight is 282 g/mol. The van der Waals surface area contributed by atoms with Crippen molar-refractivity contribution in [1.29, 1.82) is 0 Å². The van der Waals surface area contributed by atoms with Crippen LogP contribution in [0.3, 0.4) is 0 Å². The smallest absolute Gasteiger partial charge is 0.123 e. The Hall–Kier alpha value is -1.13. The van der Waals surface area contributed by atoms with Crippen molar-refractivity contribution in [3.05, 3.63) is 29.6 Å². The van der Waals surface area contributed by atoms with Gasteiger partial charge in [-0.1, -0.05) is 13.8 Å². The van der Waals surface area contributed by atoms with Crippen LogP contribution in [0.25, 0.3) is 0 Å². The third kappa shape index (κ3) is 5.88. The number of halogens is 1. The molecule has 0 fully saturated rings. The fourth-order valence-electron chi connectivity index (χ4n) is 1.93. The van der Waals surface area contributed by atoms with Crippen molar-refractivity contribution in [2.45, 2.75) is 46.4 Å². The summed E-state index contributed by atoms with van der Waals surface area (Å²) in [4.78, 5) is 2.11. The van der Waals surface area contributed by atoms with Gasteiger partial charge in [-0.25, -0.2) is 4.39 Å². The van der Waals surface area contributed by atoms with Gasteiger partial charge in [0.25, 0.3) is 0 Å². The highest BCUT2D eigenvalue weighted by Crippen LogP contribution is 2.20. The van der Waals surface area contributed by atoms with Crippen molar-refractivity contribution in [2.24, 2.45) is 0 Å². The number of hydrogen-bond acceptors (Lipinski definition) is 3. The first-order valence-corrected chi connectivity index (χ1v) is 7.24. The van der Waals surface area contributed by atoms with Crippen LogP contribution in [0.15, 0.2) is 18.2 Å². The molecular weight excluding hydrogens is 255 g/mol. The SMILES string of the molecule is CC(C)NCc1cc(F)ccc1N(C)CCOC(C)C. The van der Waals surface area contributed by atoms with Gasteiger partial charge in [0.15, 0.2) is 0 Å². The van der Waals surface area contributed by atoms with E-state index >= 15 is 0 Å². The third-order valence-electron chi connectivity index (χ3n) is 3.03. The summed E-state index contributed by atoms with van der Waals surface area (Å²) in [7, 11) is 2.01. The molecule has 3 nitrogen and oxygen atoms in total. The molecule has 20 heavy (non-hydrogen) atoms. The van der Waals surface area contributed by atoms with Crippen molar-refractivity contribution in [1.82, 2.24) is 5.32 Å². The van der Waals surface area contributed by atoms with Crippen molar-refractivity contribution >= 4 is 5.69 Å². The Morgan fingerprint density at radius 1 is 1.25 bits per heavy atom. The second-order valence-electron chi connectivity index (χ2n) is 5.65. The molecule has 4 heteroatoms. The predicted octanol–water partition coefficient (Wildman–Crippen LogP) is 3.18. The number of ether oxygens (including phenoxy) is 1. The fourth-order valence-corrected chi connectivity index (χ4v) is 1.93. The molecule has 0 spiro atoms. The van der Waals surface area contributed by atoms with Crippen molar-refractivity contribution in [3.63, 3.8) is 0 Å². The maximum atomic E-state index is 13.4. The number of likely N-dealkylation sites (N-methyl/N-ethyl adjacent to an activating group) is 1. The van der Waals surface area contributed by atoms with E-state index in [1.165, 1.54) is 6.07 Å². The predicted molar refractivity (Wildman–Crippen MR) is 82.7 cm³/mol. The molecule has 0 atom stereocenters. The molecular formula is C16H27FN2O. The standard InChI is InChI=1S/C16H27FN2O/c1-12(2)18-11-14-10-15(17)6-7-16(14)19(5)8-9-20-13(3)4/h6-7,10,12-13,18H,8-9,11H2,1-5H3. The average Bonchev–Trinajstić information content (AvgIpc) is 2.35. The first-order valence-electron chi connectivity index (χ1n) is 7.24. The molecule has 0 saturated heterocycles. The zero-order valence-corrected chi connectivity index (χ0v) is 13.2. The van der Waals surface area contributed by atoms with Crippen LogP contribution < -0.4 is 10.2 Å². The van der Waals surface area contributed by atoms with Gasteiger partial charge in [0, 0.05) is 31.9 Å². The van der Waals surface area contributed by atoms with Crippen LogP contribution in [0.4, 0.5) is 10.1 Å². The molecule has 0 unspecified atom stereocenters. The van der Waals surface area contributed by atoms with Crippen molar-refractivity contribution < 1.29 is 9.13 Å². The molecule has 0 radical (unpaired) electrons. The molecule has 114 valence electrons. The summed E-state index contributed by atoms with van der Waals surface area (Å²) in [5.41, 5.74) is 2.03. The van der Waals surface area contributed by atoms with Crippen LogP contribution in [0.2, 0.25) is 0 Å². The maximum absolute atomic E-state index is 13.4. The Balaban J connectivity index is 2.71. The van der Waals surface area contributed by atoms with E-state index < -0.39 is 0 Å². The van der Waals surface area contributed by atoms with E-state index in [1.807, 2.05) is 27.0 Å². The number of anilines is 1. The Bertz CT molecular complexity index is 407. The summed E-state index contributed by atoms with van der Waals surface area (Å²) in [5, 5.41) is 3.33. The molecule has 1 aromatic carbocycles. The van der Waals surface area contributed by atoms with Gasteiger partial charge in [-0.3, -0.25) is 0 Å². The third-order valence-corrected chi connectivity index (χ3v) is 3.03. The van der Waals surface area contributed by atoms with E-state index in [1.54, 1.807) is 6.07 Å². The van der Waals surface area contributed by atoms with Crippen LogP contribution in [-0.4, -0.2) is 32.3 Å². The topological polar surface area (TPSA) is 24.5 Å². The summed E-state index contributed by atoms with van der Waals surface area (Å²) in [6.45, 7) is 10.3. The minimum Gasteiger partial charge on any atom is -0.377 e. The number of hydrogen-bond donors (Lipinski definition) is 1. The van der Waals surface area contributed by atoms with E-state index in [0.29, 0.717) is 19.2 Å². The molecule has 0 aliphatic rings. The van der Waals surface area contributed by atoms with E-state index in [-0.39, 0.29) is 11.9 Å². The Labute approximate surface area is 122 Å². The highest BCUT2D eigenvalue weighted by molar-refractivity contribution is 5.53. The zero-order chi connectivity index (χ0) is 15.1. The summed E-state index contributed by atoms with van der Waals surface area (Å²) in [6, 6.07) is 5.32. The Morgan fingerprint density at radius 3 is 2.55 bits per heavy atom. The van der Waals surface area contributed by atoms with Crippen LogP contribution in [0.1, 0.15) is 33.3 Å². The number of nitrogens with one attached hydrogen (secondary N) is 1. The molecule has 0 heterocycles. The lowest BCUT2D eigenvalue weighted by atomic mass is 10.1. The molecule has 0 saturated carbocycles. The Kier molecular flexibility index (Phi) is 6.96. The lowest BCUT2D eigenvalue weighted by Gasteiger charge is -2.23. The Morgan fingerprint density at radius 2 is 1.95 bits per heavy atom. The number of nitrogens with zero attached hydrogens (tertiary/aromatic N) is 1. The second-order valence-corrected chi connectivity index (χ2v) is 5.65. The molecule has 0 bridgehead atoms. The van der Waals surface area contributed by atoms with Gasteiger partial charge in [-0.15, -0.1) is 0 Å². The zero-order valence-electron chi connectivity index (χ0n) is 13.2. The van der Waals surface area contributed by atoms with Gasteiger partial charge in [-0.05, 0) is 37.6 Å². The van der Waals surface area contributed by atoms with Crippen molar-refractivity contribution in [3.8, 4) is 0 Å². The van der Waals surface area contributed by atoms with Gasteiger partial charge in [0.05, 0.1) is 12.7 Å². The van der Waals surface area contributed by atoms with E-state index in [2.05, 4.69) is 24.1 Å². The molecule has 0 aromatic heterocycles. The first kappa shape index (κ1) is 16.9. The van der Waals surface area contributed by atoms with Gasteiger partial charge in [0.2, 0.25) is 0 Å². The van der Waals surface area contributed by atoms with Gasteiger partial charge in [-0.2, -0.15) is 0 Å². The maximum Gasteiger partial charge on any atom is 0.123 e. The number of benzene rings is 1. The minimum atomic E-state index is -0.193. The lowest BCUT2D eigenvalue weighted by Crippen LogP contribution is -2.27. The molecule has 0 aliphatic carbocycles. The fraction of sp³-hybridized carbons (Fsp3) is 0.625. The van der Waals surface area contributed by atoms with Gasteiger partial charge >= 0.3 is 0 Å². The minimum absolute atomic E-state index is 0.193. The molecule has 0 aliphatic heterocycles. The van der Waals surface area contributed by atoms with Crippen molar-refractivity contribution in [2.75, 3.05) is 25.1 Å². The molecule has 1 N–H and O–H groups in total. The van der Waals surface area contributed by atoms with Crippen LogP contribution in [-0.2, 0) is 11.3 Å². The molecule has 0 amide bonds. The lowest BCUT2D eigenvalue weighted by molar-refractivity contribution is 0.0846. The summed E-state index contributed by atoms with van der Waals surface area (Å²) < 4.78 is 19.0. The quantitative estimate of drug-likeness (QED) is 0.792. The highest BCUT2D eigenvalue weighted by Gasteiger charge is 2.09. The van der Waals surface area contributed by atoms with E-state index in [9.17, 15) is 4.39 Å². The van der Waals surface area contributed by atoms with Crippen LogP contribution in [0.5, 0.6) is 0 Å². The van der Waals surface area contributed by atoms with Gasteiger partial charge < -0.3 is 15.0 Å². The normalized spacial score (nSPS) is 11.4. The molecule has 1 aromatic rings. The van der Waals surface area contributed by atoms with Crippen LogP contribution >= 0.6 is 0 Å². The van der Waals surface area contributed by atoms with Gasteiger partial charge in [0.1, 0.15) is 5.82 Å². The monoisotopic (exact) mass is 282 g/mol.